The molecule has 0 bridgehead atoms. The van der Waals surface area contributed by atoms with Crippen molar-refractivity contribution in [3.8, 4) is 0 Å². The number of unbranched alkanes of at least 4 members (excludes halogenated alkanes) is 7. The molecule has 1 aromatic rings. The van der Waals surface area contributed by atoms with Crippen LogP contribution in [0.25, 0.3) is 0 Å². The molecule has 1 heterocycles. The van der Waals surface area contributed by atoms with Crippen molar-refractivity contribution in [1.82, 2.24) is 5.32 Å². The van der Waals surface area contributed by atoms with E-state index in [4.69, 9.17) is 11.6 Å². The van der Waals surface area contributed by atoms with Crippen LogP contribution in [0.2, 0.25) is 5.02 Å². The van der Waals surface area contributed by atoms with Gasteiger partial charge in [0.2, 0.25) is 0 Å². The molecule has 21 heavy (non-hydrogen) atoms. The van der Waals surface area contributed by atoms with E-state index in [0.29, 0.717) is 5.41 Å². The predicted molar refractivity (Wildman–Crippen MR) is 93.2 cm³/mol. The Labute approximate surface area is 135 Å². The lowest BCUT2D eigenvalue weighted by Gasteiger charge is -2.44. The predicted octanol–water partition coefficient (Wildman–Crippen LogP) is 5.71. The van der Waals surface area contributed by atoms with Crippen LogP contribution in [0.4, 0.5) is 0 Å². The molecule has 1 aliphatic rings. The van der Waals surface area contributed by atoms with Crippen LogP contribution in [-0.4, -0.2) is 13.1 Å². The maximum absolute atomic E-state index is 6.40. The normalized spacial score (nSPS) is 16.7. The molecular weight excluding hydrogens is 278 g/mol. The highest BCUT2D eigenvalue weighted by Crippen LogP contribution is 2.38. The van der Waals surface area contributed by atoms with Gasteiger partial charge >= 0.3 is 0 Å². The Morgan fingerprint density at radius 3 is 2.14 bits per heavy atom. The summed E-state index contributed by atoms with van der Waals surface area (Å²) in [6.45, 7) is 4.46. The first-order valence-electron chi connectivity index (χ1n) is 8.74. The van der Waals surface area contributed by atoms with E-state index in [1.54, 1.807) is 0 Å². The van der Waals surface area contributed by atoms with Crippen molar-refractivity contribution in [2.75, 3.05) is 13.1 Å². The molecule has 2 rings (SSSR count). The van der Waals surface area contributed by atoms with Crippen molar-refractivity contribution in [3.05, 3.63) is 34.9 Å². The minimum absolute atomic E-state index is 0.306. The maximum atomic E-state index is 6.40. The standard InChI is InChI=1S/C19H30ClN/c1-2-3-4-5-6-7-8-11-14-19(15-21-16-19)17-12-9-10-13-18(17)20/h9-10,12-13,21H,2-8,11,14-16H2,1H3. The van der Waals surface area contributed by atoms with E-state index in [-0.39, 0.29) is 0 Å². The van der Waals surface area contributed by atoms with E-state index in [0.717, 1.165) is 18.1 Å². The number of hydrogen-bond donors (Lipinski definition) is 1. The SMILES string of the molecule is CCCCCCCCCCC1(c2ccccc2Cl)CNC1. The monoisotopic (exact) mass is 307 g/mol. The number of halogens is 1. The highest BCUT2D eigenvalue weighted by Gasteiger charge is 2.39. The molecule has 0 radical (unpaired) electrons. The summed E-state index contributed by atoms with van der Waals surface area (Å²) < 4.78 is 0. The number of benzene rings is 1. The molecule has 0 atom stereocenters. The van der Waals surface area contributed by atoms with Crippen LogP contribution >= 0.6 is 11.6 Å². The highest BCUT2D eigenvalue weighted by atomic mass is 35.5. The first kappa shape index (κ1) is 16.8. The number of hydrogen-bond acceptors (Lipinski definition) is 1. The minimum Gasteiger partial charge on any atom is -0.315 e. The molecule has 0 amide bonds. The molecule has 1 nitrogen and oxygen atoms in total. The van der Waals surface area contributed by atoms with Crippen LogP contribution in [0, 0.1) is 0 Å². The molecule has 1 fully saturated rings. The van der Waals surface area contributed by atoms with Crippen LogP contribution in [0.1, 0.15) is 70.3 Å². The van der Waals surface area contributed by atoms with Crippen LogP contribution in [-0.2, 0) is 5.41 Å². The maximum Gasteiger partial charge on any atom is 0.0444 e. The first-order chi connectivity index (χ1) is 10.3. The second kappa shape index (κ2) is 8.80. The highest BCUT2D eigenvalue weighted by molar-refractivity contribution is 6.31. The fourth-order valence-corrected chi connectivity index (χ4v) is 3.75. The largest absolute Gasteiger partial charge is 0.315 e. The Morgan fingerprint density at radius 1 is 0.952 bits per heavy atom. The summed E-state index contributed by atoms with van der Waals surface area (Å²) in [5.74, 6) is 0. The molecule has 0 saturated carbocycles. The third-order valence-electron chi connectivity index (χ3n) is 4.88. The van der Waals surface area contributed by atoms with Gasteiger partial charge in [0, 0.05) is 23.5 Å². The van der Waals surface area contributed by atoms with Crippen molar-refractivity contribution < 1.29 is 0 Å². The summed E-state index contributed by atoms with van der Waals surface area (Å²) in [5, 5.41) is 4.39. The van der Waals surface area contributed by atoms with Gasteiger partial charge in [0.1, 0.15) is 0 Å². The van der Waals surface area contributed by atoms with Gasteiger partial charge in [0.05, 0.1) is 0 Å². The minimum atomic E-state index is 0.306. The van der Waals surface area contributed by atoms with E-state index in [1.807, 2.05) is 12.1 Å². The van der Waals surface area contributed by atoms with Gasteiger partial charge in [-0.2, -0.15) is 0 Å². The van der Waals surface area contributed by atoms with Crippen molar-refractivity contribution in [3.63, 3.8) is 0 Å². The number of rotatable bonds is 10. The quantitative estimate of drug-likeness (QED) is 0.546. The Hall–Kier alpha value is -0.530. The van der Waals surface area contributed by atoms with Crippen LogP contribution < -0.4 is 5.32 Å². The Kier molecular flexibility index (Phi) is 7.06. The molecule has 0 aliphatic carbocycles. The lowest BCUT2D eigenvalue weighted by Crippen LogP contribution is -2.56. The third-order valence-corrected chi connectivity index (χ3v) is 5.21. The molecule has 1 saturated heterocycles. The fourth-order valence-electron chi connectivity index (χ4n) is 3.42. The summed E-state index contributed by atoms with van der Waals surface area (Å²) in [6, 6.07) is 8.40. The van der Waals surface area contributed by atoms with E-state index in [1.165, 1.54) is 63.4 Å². The number of nitrogens with one attached hydrogen (secondary N) is 1. The Morgan fingerprint density at radius 2 is 1.57 bits per heavy atom. The van der Waals surface area contributed by atoms with E-state index >= 15 is 0 Å². The molecular formula is C19H30ClN. The average Bonchev–Trinajstić information content (AvgIpc) is 2.45. The molecule has 0 aromatic heterocycles. The Balaban J connectivity index is 1.70. The van der Waals surface area contributed by atoms with E-state index in [9.17, 15) is 0 Å². The Bertz CT molecular complexity index is 412. The van der Waals surface area contributed by atoms with Gasteiger partial charge in [0.15, 0.2) is 0 Å². The zero-order chi connectivity index (χ0) is 15.0. The average molecular weight is 308 g/mol. The zero-order valence-electron chi connectivity index (χ0n) is 13.5. The first-order valence-corrected chi connectivity index (χ1v) is 9.12. The van der Waals surface area contributed by atoms with Gasteiger partial charge in [-0.15, -0.1) is 0 Å². The molecule has 2 heteroatoms. The summed E-state index contributed by atoms with van der Waals surface area (Å²) in [7, 11) is 0. The van der Waals surface area contributed by atoms with Gasteiger partial charge in [-0.1, -0.05) is 88.1 Å². The van der Waals surface area contributed by atoms with Gasteiger partial charge in [-0.05, 0) is 18.1 Å². The molecule has 1 aromatic carbocycles. The van der Waals surface area contributed by atoms with Crippen LogP contribution in [0.15, 0.2) is 24.3 Å². The van der Waals surface area contributed by atoms with Gasteiger partial charge in [-0.25, -0.2) is 0 Å². The van der Waals surface area contributed by atoms with Gasteiger partial charge < -0.3 is 5.32 Å². The lowest BCUT2D eigenvalue weighted by atomic mass is 9.71. The van der Waals surface area contributed by atoms with Crippen LogP contribution in [0.5, 0.6) is 0 Å². The van der Waals surface area contributed by atoms with Crippen molar-refractivity contribution in [2.24, 2.45) is 0 Å². The third kappa shape index (κ3) is 4.72. The van der Waals surface area contributed by atoms with Crippen LogP contribution in [0.3, 0.4) is 0 Å². The topological polar surface area (TPSA) is 12.0 Å². The van der Waals surface area contributed by atoms with Gasteiger partial charge in [0.25, 0.3) is 0 Å². The summed E-state index contributed by atoms with van der Waals surface area (Å²) in [4.78, 5) is 0. The molecule has 1 aliphatic heterocycles. The summed E-state index contributed by atoms with van der Waals surface area (Å²) >= 11 is 6.40. The molecule has 0 unspecified atom stereocenters. The van der Waals surface area contributed by atoms with E-state index < -0.39 is 0 Å². The van der Waals surface area contributed by atoms with Crippen molar-refractivity contribution in [2.45, 2.75) is 70.1 Å². The second-order valence-corrected chi connectivity index (χ2v) is 7.00. The van der Waals surface area contributed by atoms with Gasteiger partial charge in [-0.3, -0.25) is 0 Å². The van der Waals surface area contributed by atoms with Crippen molar-refractivity contribution in [1.29, 1.82) is 0 Å². The zero-order valence-corrected chi connectivity index (χ0v) is 14.2. The smallest absolute Gasteiger partial charge is 0.0444 e. The summed E-state index contributed by atoms with van der Waals surface area (Å²) in [6.07, 6.45) is 12.4. The summed E-state index contributed by atoms with van der Waals surface area (Å²) in [5.41, 5.74) is 1.66. The molecule has 1 N–H and O–H groups in total. The molecule has 118 valence electrons. The fraction of sp³-hybridized carbons (Fsp3) is 0.684. The van der Waals surface area contributed by atoms with Crippen molar-refractivity contribution >= 4 is 11.6 Å². The lowest BCUT2D eigenvalue weighted by molar-refractivity contribution is 0.249. The second-order valence-electron chi connectivity index (χ2n) is 6.59. The molecule has 0 spiro atoms. The van der Waals surface area contributed by atoms with E-state index in [2.05, 4.69) is 24.4 Å².